The van der Waals surface area contributed by atoms with Crippen molar-refractivity contribution >= 4 is 27.6 Å². The average Bonchev–Trinajstić information content (AvgIpc) is 2.91. The fourth-order valence-electron chi connectivity index (χ4n) is 4.73. The van der Waals surface area contributed by atoms with Gasteiger partial charge in [0.05, 0.1) is 10.5 Å². The van der Waals surface area contributed by atoms with Gasteiger partial charge in [0, 0.05) is 46.3 Å². The summed E-state index contributed by atoms with van der Waals surface area (Å²) in [6, 6.07) is 9.34. The number of carbonyl (C=O) groups excluding carboxylic acids is 3. The van der Waals surface area contributed by atoms with E-state index in [4.69, 9.17) is 4.74 Å². The monoisotopic (exact) mass is 575 g/mol. The molecule has 218 valence electrons. The lowest BCUT2D eigenvalue weighted by Gasteiger charge is -2.42. The van der Waals surface area contributed by atoms with E-state index >= 15 is 0 Å². The van der Waals surface area contributed by atoms with Crippen molar-refractivity contribution < 1.29 is 31.9 Å². The Morgan fingerprint density at radius 1 is 1.07 bits per heavy atom. The van der Waals surface area contributed by atoms with Gasteiger partial charge in [-0.15, -0.1) is 0 Å². The zero-order valence-electron chi connectivity index (χ0n) is 23.9. The Bertz CT molecular complexity index is 1350. The molecule has 1 saturated heterocycles. The van der Waals surface area contributed by atoms with E-state index in [1.54, 1.807) is 38.9 Å². The highest BCUT2D eigenvalue weighted by molar-refractivity contribution is 7.90. The van der Waals surface area contributed by atoms with Crippen molar-refractivity contribution in [3.05, 3.63) is 59.4 Å². The van der Waals surface area contributed by atoms with E-state index in [0.717, 1.165) is 11.8 Å². The van der Waals surface area contributed by atoms with E-state index in [1.165, 1.54) is 41.3 Å². The van der Waals surface area contributed by atoms with Gasteiger partial charge < -0.3 is 19.9 Å². The molecule has 0 spiro atoms. The van der Waals surface area contributed by atoms with Gasteiger partial charge in [0.15, 0.2) is 15.4 Å². The van der Waals surface area contributed by atoms with Gasteiger partial charge in [-0.2, -0.15) is 0 Å². The molecule has 1 N–H and O–H groups in total. The summed E-state index contributed by atoms with van der Waals surface area (Å²) in [4.78, 5) is 42.9. The molecule has 11 heteroatoms. The molecule has 1 atom stereocenters. The number of hydrogen-bond acceptors (Lipinski definition) is 6. The molecule has 3 rings (SSSR count). The van der Waals surface area contributed by atoms with Crippen molar-refractivity contribution in [1.82, 2.24) is 15.1 Å². The molecule has 1 heterocycles. The average molecular weight is 576 g/mol. The van der Waals surface area contributed by atoms with Crippen LogP contribution in [0.25, 0.3) is 0 Å². The number of piperidine rings is 1. The van der Waals surface area contributed by atoms with Crippen LogP contribution >= 0.6 is 0 Å². The van der Waals surface area contributed by atoms with Crippen LogP contribution in [0, 0.1) is 11.7 Å². The number of nitrogens with one attached hydrogen (secondary N) is 1. The summed E-state index contributed by atoms with van der Waals surface area (Å²) in [5.74, 6) is -1.84. The molecule has 0 aliphatic carbocycles. The number of hydrogen-bond donors (Lipinski definition) is 1. The van der Waals surface area contributed by atoms with Crippen LogP contribution in [0.3, 0.4) is 0 Å². The molecule has 0 radical (unpaired) electrons. The largest absolute Gasteiger partial charge is 0.477 e. The zero-order valence-corrected chi connectivity index (χ0v) is 24.7. The van der Waals surface area contributed by atoms with Crippen LogP contribution < -0.4 is 10.1 Å². The van der Waals surface area contributed by atoms with Crippen LogP contribution in [-0.2, 0) is 25.8 Å². The van der Waals surface area contributed by atoms with Crippen molar-refractivity contribution in [3.63, 3.8) is 0 Å². The van der Waals surface area contributed by atoms with Crippen molar-refractivity contribution in [1.29, 1.82) is 0 Å². The summed E-state index contributed by atoms with van der Waals surface area (Å²) in [6.45, 7) is 5.89. The maximum Gasteiger partial charge on any atom is 0.266 e. The first-order chi connectivity index (χ1) is 18.7. The van der Waals surface area contributed by atoms with E-state index in [-0.39, 0.29) is 54.1 Å². The first kappa shape index (κ1) is 31.1. The van der Waals surface area contributed by atoms with Crippen molar-refractivity contribution in [2.75, 3.05) is 33.4 Å². The van der Waals surface area contributed by atoms with Crippen LogP contribution in [0.1, 0.15) is 49.5 Å². The Morgan fingerprint density at radius 3 is 2.17 bits per heavy atom. The molecule has 40 heavy (non-hydrogen) atoms. The van der Waals surface area contributed by atoms with Gasteiger partial charge in [-0.3, -0.25) is 14.4 Å². The SMILES string of the molecule is CCc1ccc(F)c(C(=O)N[C@@H](C(=O)N2CCC(Oc3ccc(S(C)(=O)=O)cc3)(C(=O)N(C)C)CC2)C(C)C)c1. The quantitative estimate of drug-likeness (QED) is 0.492. The van der Waals surface area contributed by atoms with Crippen LogP contribution in [-0.4, -0.2) is 81.0 Å². The highest BCUT2D eigenvalue weighted by Crippen LogP contribution is 2.32. The maximum atomic E-state index is 14.4. The number of halogens is 1. The predicted molar refractivity (Wildman–Crippen MR) is 149 cm³/mol. The molecule has 0 aromatic heterocycles. The molecule has 3 amide bonds. The van der Waals surface area contributed by atoms with Gasteiger partial charge in [0.1, 0.15) is 17.6 Å². The van der Waals surface area contributed by atoms with E-state index in [2.05, 4.69) is 5.32 Å². The van der Waals surface area contributed by atoms with Crippen molar-refractivity contribution in [2.24, 2.45) is 5.92 Å². The summed E-state index contributed by atoms with van der Waals surface area (Å²) in [5.41, 5.74) is -0.558. The predicted octanol–water partition coefficient (Wildman–Crippen LogP) is 3.07. The normalized spacial score (nSPS) is 15.8. The molecule has 1 fully saturated rings. The minimum absolute atomic E-state index is 0.109. The number of sulfone groups is 1. The van der Waals surface area contributed by atoms with Gasteiger partial charge in [-0.25, -0.2) is 12.8 Å². The second-order valence-corrected chi connectivity index (χ2v) is 12.7. The number of aryl methyl sites for hydroxylation is 1. The number of rotatable bonds is 9. The smallest absolute Gasteiger partial charge is 0.266 e. The van der Waals surface area contributed by atoms with Crippen molar-refractivity contribution in [2.45, 2.75) is 56.6 Å². The van der Waals surface area contributed by atoms with Gasteiger partial charge >= 0.3 is 0 Å². The lowest BCUT2D eigenvalue weighted by molar-refractivity contribution is -0.153. The van der Waals surface area contributed by atoms with E-state index in [0.29, 0.717) is 12.2 Å². The second kappa shape index (κ2) is 12.4. The Balaban J connectivity index is 1.77. The molecule has 1 aliphatic rings. The standard InChI is InChI=1S/C29H38FN3O6S/c1-7-20-8-13-24(30)23(18-20)26(34)31-25(19(2)3)27(35)33-16-14-29(15-17-33,28(36)32(4)5)39-21-9-11-22(12-10-21)40(6,37)38/h8-13,18-19,25H,7,14-17H2,1-6H3,(H,31,34)/t25-/m1/s1. The molecule has 0 unspecified atom stereocenters. The minimum atomic E-state index is -3.39. The second-order valence-electron chi connectivity index (χ2n) is 10.7. The van der Waals surface area contributed by atoms with Crippen LogP contribution in [0.15, 0.2) is 47.4 Å². The Labute approximate surface area is 235 Å². The van der Waals surface area contributed by atoms with Crippen molar-refractivity contribution in [3.8, 4) is 5.75 Å². The number of likely N-dealkylation sites (tertiary alicyclic amines) is 1. The highest BCUT2D eigenvalue weighted by Gasteiger charge is 2.46. The fraction of sp³-hybridized carbons (Fsp3) is 0.483. The van der Waals surface area contributed by atoms with E-state index in [1.807, 2.05) is 6.92 Å². The van der Waals surface area contributed by atoms with E-state index in [9.17, 15) is 27.2 Å². The molecular weight excluding hydrogens is 537 g/mol. The summed E-state index contributed by atoms with van der Waals surface area (Å²) >= 11 is 0. The molecule has 0 saturated carbocycles. The number of amides is 3. The maximum absolute atomic E-state index is 14.4. The molecule has 9 nitrogen and oxygen atoms in total. The number of nitrogens with zero attached hydrogens (tertiary/aromatic N) is 2. The Hall–Kier alpha value is -3.47. The summed E-state index contributed by atoms with van der Waals surface area (Å²) in [7, 11) is -0.148. The first-order valence-corrected chi connectivity index (χ1v) is 15.2. The van der Waals surface area contributed by atoms with Crippen LogP contribution in [0.4, 0.5) is 4.39 Å². The third-order valence-electron chi connectivity index (χ3n) is 7.15. The Morgan fingerprint density at radius 2 is 1.68 bits per heavy atom. The third kappa shape index (κ3) is 6.99. The Kier molecular flexibility index (Phi) is 9.60. The molecule has 2 aromatic carbocycles. The first-order valence-electron chi connectivity index (χ1n) is 13.3. The van der Waals surface area contributed by atoms with Crippen LogP contribution in [0.5, 0.6) is 5.75 Å². The summed E-state index contributed by atoms with van der Waals surface area (Å²) < 4.78 is 44.2. The number of ether oxygens (including phenoxy) is 1. The molecule has 2 aromatic rings. The van der Waals surface area contributed by atoms with Gasteiger partial charge in [-0.1, -0.05) is 26.8 Å². The summed E-state index contributed by atoms with van der Waals surface area (Å²) in [6.07, 6.45) is 2.13. The number of benzene rings is 2. The number of likely N-dealkylation sites (N-methyl/N-ethyl adjacent to an activating group) is 1. The number of carbonyl (C=O) groups is 3. The fourth-order valence-corrected chi connectivity index (χ4v) is 5.36. The lowest BCUT2D eigenvalue weighted by Crippen LogP contribution is -2.60. The van der Waals surface area contributed by atoms with Crippen LogP contribution in [0.2, 0.25) is 0 Å². The van der Waals surface area contributed by atoms with Gasteiger partial charge in [-0.05, 0) is 54.3 Å². The molecule has 0 bridgehead atoms. The highest BCUT2D eigenvalue weighted by atomic mass is 32.2. The molecule has 1 aliphatic heterocycles. The lowest BCUT2D eigenvalue weighted by atomic mass is 9.88. The van der Waals surface area contributed by atoms with Gasteiger partial charge in [0.2, 0.25) is 5.91 Å². The van der Waals surface area contributed by atoms with Gasteiger partial charge in [0.25, 0.3) is 11.8 Å². The summed E-state index contributed by atoms with van der Waals surface area (Å²) in [5, 5.41) is 2.72. The topological polar surface area (TPSA) is 113 Å². The minimum Gasteiger partial charge on any atom is -0.477 e. The third-order valence-corrected chi connectivity index (χ3v) is 8.28. The van der Waals surface area contributed by atoms with E-state index < -0.39 is 33.2 Å². The zero-order chi connectivity index (χ0) is 29.8. The molecular formula is C29H38FN3O6S.